The van der Waals surface area contributed by atoms with E-state index in [1.54, 1.807) is 0 Å². The lowest BCUT2D eigenvalue weighted by molar-refractivity contribution is -0.139. The van der Waals surface area contributed by atoms with Crippen LogP contribution in [0.3, 0.4) is 0 Å². The summed E-state index contributed by atoms with van der Waals surface area (Å²) >= 11 is 0.909. The highest BCUT2D eigenvalue weighted by molar-refractivity contribution is 6.99. The van der Waals surface area contributed by atoms with Crippen LogP contribution >= 0.6 is 11.7 Å². The minimum absolute atomic E-state index is 0.153. The van der Waals surface area contributed by atoms with Crippen LogP contribution in [0.2, 0.25) is 0 Å². The Kier molecular flexibility index (Phi) is 4.36. The number of aromatic nitrogens is 2. The molecule has 0 aliphatic rings. The molecule has 0 aliphatic carbocycles. The van der Waals surface area contributed by atoms with Gasteiger partial charge in [0.1, 0.15) is 6.04 Å². The number of aliphatic carboxylic acids is 1. The van der Waals surface area contributed by atoms with Crippen LogP contribution in [0.5, 0.6) is 0 Å². The topological polar surface area (TPSA) is 92.2 Å². The first-order valence-corrected chi connectivity index (χ1v) is 5.55. The fraction of sp³-hybridized carbons (Fsp3) is 0.556. The number of amides is 1. The molecule has 7 heteroatoms. The number of hydrogen-bond acceptors (Lipinski definition) is 5. The van der Waals surface area contributed by atoms with Crippen molar-refractivity contribution >= 4 is 23.6 Å². The lowest BCUT2D eigenvalue weighted by Gasteiger charge is -2.15. The van der Waals surface area contributed by atoms with Crippen molar-refractivity contribution in [3.05, 3.63) is 11.9 Å². The van der Waals surface area contributed by atoms with Crippen LogP contribution < -0.4 is 5.32 Å². The number of carbonyl (C=O) groups is 2. The third kappa shape index (κ3) is 3.58. The second-order valence-corrected chi connectivity index (χ2v) is 4.34. The van der Waals surface area contributed by atoms with Gasteiger partial charge in [0.2, 0.25) is 0 Å². The zero-order chi connectivity index (χ0) is 12.1. The van der Waals surface area contributed by atoms with Gasteiger partial charge in [-0.25, -0.2) is 4.79 Å². The second kappa shape index (κ2) is 5.55. The summed E-state index contributed by atoms with van der Waals surface area (Å²) in [6.07, 6.45) is 1.70. The Labute approximate surface area is 97.0 Å². The predicted octanol–water partition coefficient (Wildman–Crippen LogP) is 0.767. The number of carbonyl (C=O) groups excluding carboxylic acids is 1. The first kappa shape index (κ1) is 12.6. The summed E-state index contributed by atoms with van der Waals surface area (Å²) < 4.78 is 7.41. The summed E-state index contributed by atoms with van der Waals surface area (Å²) in [6.45, 7) is 3.79. The van der Waals surface area contributed by atoms with Crippen molar-refractivity contribution in [1.29, 1.82) is 0 Å². The molecule has 1 unspecified atom stereocenters. The highest BCUT2D eigenvalue weighted by Gasteiger charge is 2.22. The van der Waals surface area contributed by atoms with Crippen molar-refractivity contribution in [3.63, 3.8) is 0 Å². The molecule has 1 heterocycles. The molecule has 1 rings (SSSR count). The molecule has 0 aromatic carbocycles. The quantitative estimate of drug-likeness (QED) is 0.796. The zero-order valence-corrected chi connectivity index (χ0v) is 9.82. The number of carboxylic acids is 1. The molecule has 0 spiro atoms. The van der Waals surface area contributed by atoms with Gasteiger partial charge < -0.3 is 10.4 Å². The van der Waals surface area contributed by atoms with E-state index in [9.17, 15) is 9.59 Å². The molecule has 0 saturated carbocycles. The largest absolute Gasteiger partial charge is 0.480 e. The van der Waals surface area contributed by atoms with E-state index in [1.165, 1.54) is 6.20 Å². The number of carboxylic acid groups (broad SMARTS) is 1. The second-order valence-electron chi connectivity index (χ2n) is 3.79. The predicted molar refractivity (Wildman–Crippen MR) is 58.3 cm³/mol. The summed E-state index contributed by atoms with van der Waals surface area (Å²) in [5, 5.41) is 11.3. The maximum absolute atomic E-state index is 11.5. The van der Waals surface area contributed by atoms with Crippen molar-refractivity contribution in [2.45, 2.75) is 26.3 Å². The molecule has 6 nitrogen and oxygen atoms in total. The summed E-state index contributed by atoms with van der Waals surface area (Å²) in [7, 11) is 0. The van der Waals surface area contributed by atoms with Crippen LogP contribution in [0.4, 0.5) is 0 Å². The number of nitrogens with one attached hydrogen (secondary N) is 1. The van der Waals surface area contributed by atoms with E-state index in [1.807, 2.05) is 13.8 Å². The van der Waals surface area contributed by atoms with Gasteiger partial charge >= 0.3 is 5.97 Å². The molecular formula is C9H13N3O3S. The van der Waals surface area contributed by atoms with Crippen LogP contribution in [-0.4, -0.2) is 31.8 Å². The normalized spacial score (nSPS) is 12.4. The van der Waals surface area contributed by atoms with Crippen molar-refractivity contribution in [3.8, 4) is 0 Å². The highest BCUT2D eigenvalue weighted by atomic mass is 32.1. The Morgan fingerprint density at radius 3 is 2.69 bits per heavy atom. The summed E-state index contributed by atoms with van der Waals surface area (Å²) in [5.41, 5.74) is 0.153. The van der Waals surface area contributed by atoms with Crippen LogP contribution in [0.15, 0.2) is 6.20 Å². The minimum Gasteiger partial charge on any atom is -0.480 e. The van der Waals surface area contributed by atoms with Gasteiger partial charge in [-0.1, -0.05) is 13.8 Å². The van der Waals surface area contributed by atoms with E-state index in [0.29, 0.717) is 6.42 Å². The molecule has 1 amide bonds. The maximum atomic E-state index is 11.5. The van der Waals surface area contributed by atoms with Gasteiger partial charge in [-0.2, -0.15) is 8.75 Å². The van der Waals surface area contributed by atoms with Gasteiger partial charge in [-0.15, -0.1) is 0 Å². The summed E-state index contributed by atoms with van der Waals surface area (Å²) in [6, 6.07) is -0.880. The molecule has 16 heavy (non-hydrogen) atoms. The molecule has 1 atom stereocenters. The Balaban J connectivity index is 2.62. The number of nitrogens with zero attached hydrogens (tertiary/aromatic N) is 2. The Bertz CT molecular complexity index is 364. The van der Waals surface area contributed by atoms with Crippen molar-refractivity contribution in [2.75, 3.05) is 0 Å². The van der Waals surface area contributed by atoms with Crippen LogP contribution in [0.25, 0.3) is 0 Å². The highest BCUT2D eigenvalue weighted by Crippen LogP contribution is 2.06. The smallest absolute Gasteiger partial charge is 0.326 e. The molecule has 0 radical (unpaired) electrons. The monoisotopic (exact) mass is 243 g/mol. The summed E-state index contributed by atoms with van der Waals surface area (Å²) in [4.78, 5) is 22.4. The molecule has 0 fully saturated rings. The van der Waals surface area contributed by atoms with E-state index in [-0.39, 0.29) is 11.6 Å². The van der Waals surface area contributed by atoms with Crippen molar-refractivity contribution in [2.24, 2.45) is 5.92 Å². The van der Waals surface area contributed by atoms with Gasteiger partial charge in [0.05, 0.1) is 17.9 Å². The number of hydrogen-bond donors (Lipinski definition) is 2. The Morgan fingerprint density at radius 1 is 1.56 bits per heavy atom. The van der Waals surface area contributed by atoms with E-state index < -0.39 is 17.9 Å². The molecule has 0 aliphatic heterocycles. The Morgan fingerprint density at radius 2 is 2.25 bits per heavy atom. The molecule has 2 N–H and O–H groups in total. The van der Waals surface area contributed by atoms with Gasteiger partial charge in [-0.3, -0.25) is 4.79 Å². The SMILES string of the molecule is CC(C)CC(NC(=O)c1cnsn1)C(=O)O. The first-order chi connectivity index (χ1) is 7.50. The average Bonchev–Trinajstić information content (AvgIpc) is 2.68. The standard InChI is InChI=1S/C9H13N3O3S/c1-5(2)3-6(9(14)15)11-8(13)7-4-10-16-12-7/h4-6H,3H2,1-2H3,(H,11,13)(H,14,15). The molecule has 0 bridgehead atoms. The summed E-state index contributed by atoms with van der Waals surface area (Å²) in [5.74, 6) is -1.35. The molecular weight excluding hydrogens is 230 g/mol. The van der Waals surface area contributed by atoms with Gasteiger partial charge in [0.25, 0.3) is 5.91 Å². The molecule has 1 aromatic heterocycles. The third-order valence-electron chi connectivity index (χ3n) is 1.90. The van der Waals surface area contributed by atoms with E-state index in [4.69, 9.17) is 5.11 Å². The van der Waals surface area contributed by atoms with Crippen LogP contribution in [-0.2, 0) is 4.79 Å². The maximum Gasteiger partial charge on any atom is 0.326 e. The fourth-order valence-corrected chi connectivity index (χ4v) is 1.60. The zero-order valence-electron chi connectivity index (χ0n) is 9.01. The van der Waals surface area contributed by atoms with Gasteiger partial charge in [0.15, 0.2) is 5.69 Å². The van der Waals surface area contributed by atoms with Gasteiger partial charge in [0, 0.05) is 0 Å². The molecule has 0 saturated heterocycles. The average molecular weight is 243 g/mol. The van der Waals surface area contributed by atoms with Crippen molar-refractivity contribution in [1.82, 2.24) is 14.1 Å². The molecule has 88 valence electrons. The minimum atomic E-state index is -1.04. The van der Waals surface area contributed by atoms with E-state index in [2.05, 4.69) is 14.1 Å². The first-order valence-electron chi connectivity index (χ1n) is 4.82. The van der Waals surface area contributed by atoms with Gasteiger partial charge in [-0.05, 0) is 12.3 Å². The van der Waals surface area contributed by atoms with E-state index in [0.717, 1.165) is 11.7 Å². The molecule has 1 aromatic rings. The van der Waals surface area contributed by atoms with Crippen LogP contribution in [0.1, 0.15) is 30.8 Å². The van der Waals surface area contributed by atoms with Crippen molar-refractivity contribution < 1.29 is 14.7 Å². The third-order valence-corrected chi connectivity index (χ3v) is 2.38. The Hall–Kier alpha value is -1.50. The van der Waals surface area contributed by atoms with Crippen LogP contribution in [0, 0.1) is 5.92 Å². The fourth-order valence-electron chi connectivity index (χ4n) is 1.19. The lowest BCUT2D eigenvalue weighted by Crippen LogP contribution is -2.41. The van der Waals surface area contributed by atoms with E-state index >= 15 is 0 Å². The lowest BCUT2D eigenvalue weighted by atomic mass is 10.0. The number of rotatable bonds is 5.